The summed E-state index contributed by atoms with van der Waals surface area (Å²) < 4.78 is 31.4. The van der Waals surface area contributed by atoms with Gasteiger partial charge in [-0.1, -0.05) is 12.1 Å². The molecule has 0 aliphatic carbocycles. The number of rotatable bonds is 8. The number of halogens is 1. The molecule has 1 atom stereocenters. The average molecular weight is 478 g/mol. The van der Waals surface area contributed by atoms with Gasteiger partial charge in [0.2, 0.25) is 5.91 Å². The summed E-state index contributed by atoms with van der Waals surface area (Å²) >= 11 is 0. The Labute approximate surface area is 204 Å². The fraction of sp³-hybridized carbons (Fsp3) is 0.286. The van der Waals surface area contributed by atoms with Crippen molar-refractivity contribution in [2.24, 2.45) is 0 Å². The Morgan fingerprint density at radius 2 is 1.80 bits per heavy atom. The van der Waals surface area contributed by atoms with Crippen LogP contribution < -0.4 is 19.5 Å². The molecular weight excluding hydrogens is 449 g/mol. The molecule has 0 saturated heterocycles. The first kappa shape index (κ1) is 24.3. The molecule has 0 unspecified atom stereocenters. The molecule has 0 aromatic heterocycles. The van der Waals surface area contributed by atoms with E-state index in [1.54, 1.807) is 32.4 Å². The number of methoxy groups -OCH3 is 2. The smallest absolute Gasteiger partial charge is 0.224 e. The quantitative estimate of drug-likeness (QED) is 0.477. The van der Waals surface area contributed by atoms with Gasteiger partial charge in [-0.05, 0) is 66.9 Å². The topological polar surface area (TPSA) is 73.9 Å². The van der Waals surface area contributed by atoms with Gasteiger partial charge in [0.1, 0.15) is 17.7 Å². The van der Waals surface area contributed by atoms with Crippen molar-refractivity contribution < 1.29 is 28.2 Å². The fourth-order valence-electron chi connectivity index (χ4n) is 4.32. The minimum atomic E-state index is -0.418. The molecule has 1 aliphatic rings. The summed E-state index contributed by atoms with van der Waals surface area (Å²) in [5, 5.41) is 2.93. The lowest BCUT2D eigenvalue weighted by atomic mass is 9.95. The van der Waals surface area contributed by atoms with Crippen LogP contribution in [0.1, 0.15) is 34.0 Å². The maximum Gasteiger partial charge on any atom is 0.224 e. The number of nitrogens with one attached hydrogen (secondary N) is 1. The molecule has 35 heavy (non-hydrogen) atoms. The summed E-state index contributed by atoms with van der Waals surface area (Å²) in [4.78, 5) is 24.4. The highest BCUT2D eigenvalue weighted by molar-refractivity contribution is 5.95. The van der Waals surface area contributed by atoms with Crippen LogP contribution in [-0.4, -0.2) is 38.6 Å². The second-order valence-electron chi connectivity index (χ2n) is 8.67. The summed E-state index contributed by atoms with van der Waals surface area (Å²) in [6.45, 7) is 3.71. The number of aryl methyl sites for hydroxylation is 1. The van der Waals surface area contributed by atoms with Crippen LogP contribution in [0.4, 0.5) is 4.39 Å². The Balaban J connectivity index is 1.46. The number of hydrogen-bond donors (Lipinski definition) is 1. The summed E-state index contributed by atoms with van der Waals surface area (Å²) in [6, 6.07) is 13.6. The van der Waals surface area contributed by atoms with Crippen molar-refractivity contribution in [3.8, 4) is 28.4 Å². The first-order valence-electron chi connectivity index (χ1n) is 11.4. The molecule has 0 fully saturated rings. The normalized spacial score (nSPS) is 14.1. The van der Waals surface area contributed by atoms with E-state index in [0.29, 0.717) is 46.9 Å². The highest BCUT2D eigenvalue weighted by Gasteiger charge is 2.28. The Bertz CT molecular complexity index is 1290. The SMILES string of the molecule is COc1ccc(CC(=O)NC[C@H]2Cc3cc(C)cc(-c4cc(C(C)=O)ccc4F)c3O2)cc1OC. The first-order valence-corrected chi connectivity index (χ1v) is 11.4. The molecule has 1 aliphatic heterocycles. The van der Waals surface area contributed by atoms with Gasteiger partial charge in [0.25, 0.3) is 0 Å². The van der Waals surface area contributed by atoms with Gasteiger partial charge in [0.05, 0.1) is 27.2 Å². The largest absolute Gasteiger partial charge is 0.493 e. The second kappa shape index (κ2) is 10.2. The van der Waals surface area contributed by atoms with E-state index in [9.17, 15) is 14.0 Å². The number of ketones is 1. The second-order valence-corrected chi connectivity index (χ2v) is 8.67. The zero-order valence-corrected chi connectivity index (χ0v) is 20.2. The molecule has 0 saturated carbocycles. The molecule has 1 N–H and O–H groups in total. The predicted molar refractivity (Wildman–Crippen MR) is 131 cm³/mol. The highest BCUT2D eigenvalue weighted by Crippen LogP contribution is 2.41. The van der Waals surface area contributed by atoms with E-state index in [4.69, 9.17) is 14.2 Å². The first-order chi connectivity index (χ1) is 16.8. The van der Waals surface area contributed by atoms with Crippen molar-refractivity contribution in [3.05, 3.63) is 76.6 Å². The van der Waals surface area contributed by atoms with Gasteiger partial charge in [0.15, 0.2) is 17.3 Å². The Kier molecular flexibility index (Phi) is 7.05. The number of carbonyl (C=O) groups is 2. The number of carbonyl (C=O) groups excluding carboxylic acids is 2. The van der Waals surface area contributed by atoms with Crippen LogP contribution in [0, 0.1) is 12.7 Å². The fourth-order valence-corrected chi connectivity index (χ4v) is 4.32. The summed E-state index contributed by atoms with van der Waals surface area (Å²) in [5.41, 5.74) is 4.10. The van der Waals surface area contributed by atoms with Crippen LogP contribution in [0.15, 0.2) is 48.5 Å². The van der Waals surface area contributed by atoms with Gasteiger partial charge in [-0.2, -0.15) is 0 Å². The van der Waals surface area contributed by atoms with E-state index in [-0.39, 0.29) is 24.2 Å². The minimum absolute atomic E-state index is 0.133. The maximum atomic E-state index is 14.7. The van der Waals surface area contributed by atoms with Gasteiger partial charge in [0, 0.05) is 23.1 Å². The maximum absolute atomic E-state index is 14.7. The van der Waals surface area contributed by atoms with Crippen molar-refractivity contribution in [3.63, 3.8) is 0 Å². The Morgan fingerprint density at radius 1 is 1.03 bits per heavy atom. The predicted octanol–water partition coefficient (Wildman–Crippen LogP) is 4.68. The molecule has 3 aromatic rings. The van der Waals surface area contributed by atoms with Crippen LogP contribution in [0.3, 0.4) is 0 Å². The van der Waals surface area contributed by atoms with E-state index >= 15 is 0 Å². The van der Waals surface area contributed by atoms with Crippen molar-refractivity contribution in [1.29, 1.82) is 0 Å². The molecule has 6 nitrogen and oxygen atoms in total. The lowest BCUT2D eigenvalue weighted by Crippen LogP contribution is -2.35. The van der Waals surface area contributed by atoms with E-state index in [0.717, 1.165) is 16.7 Å². The number of benzene rings is 3. The lowest BCUT2D eigenvalue weighted by Gasteiger charge is -2.15. The van der Waals surface area contributed by atoms with Crippen LogP contribution in [0.2, 0.25) is 0 Å². The van der Waals surface area contributed by atoms with E-state index < -0.39 is 5.82 Å². The highest BCUT2D eigenvalue weighted by atomic mass is 19.1. The standard InChI is InChI=1S/C28H28FNO5/c1-16-9-20-13-21(15-30-27(32)12-18-5-8-25(33-3)26(11-18)34-4)35-28(20)23(10-16)22-14-19(17(2)31)6-7-24(22)29/h5-11,14,21H,12-13,15H2,1-4H3,(H,30,32)/t21-/m1/s1. The van der Waals surface area contributed by atoms with E-state index in [1.807, 2.05) is 25.1 Å². The van der Waals surface area contributed by atoms with Crippen LogP contribution in [0.5, 0.6) is 17.2 Å². The molecule has 3 aromatic carbocycles. The molecule has 1 amide bonds. The third-order valence-electron chi connectivity index (χ3n) is 6.04. The van der Waals surface area contributed by atoms with E-state index in [2.05, 4.69) is 5.32 Å². The van der Waals surface area contributed by atoms with Crippen molar-refractivity contribution in [1.82, 2.24) is 5.32 Å². The van der Waals surface area contributed by atoms with Gasteiger partial charge in [-0.15, -0.1) is 0 Å². The average Bonchev–Trinajstić information content (AvgIpc) is 3.25. The zero-order valence-electron chi connectivity index (χ0n) is 20.2. The van der Waals surface area contributed by atoms with Crippen LogP contribution in [0.25, 0.3) is 11.1 Å². The number of amides is 1. The van der Waals surface area contributed by atoms with Crippen LogP contribution >= 0.6 is 0 Å². The summed E-state index contributed by atoms with van der Waals surface area (Å²) in [7, 11) is 3.11. The molecule has 4 rings (SSSR count). The molecule has 182 valence electrons. The molecule has 0 bridgehead atoms. The lowest BCUT2D eigenvalue weighted by molar-refractivity contribution is -0.120. The van der Waals surface area contributed by atoms with Crippen LogP contribution in [-0.2, 0) is 17.6 Å². The third kappa shape index (κ3) is 5.29. The summed E-state index contributed by atoms with van der Waals surface area (Å²) in [5.74, 6) is 1.06. The van der Waals surface area contributed by atoms with Gasteiger partial charge in [-0.3, -0.25) is 9.59 Å². The molecule has 7 heteroatoms. The van der Waals surface area contributed by atoms with Crippen molar-refractivity contribution in [2.45, 2.75) is 32.8 Å². The monoisotopic (exact) mass is 477 g/mol. The minimum Gasteiger partial charge on any atom is -0.493 e. The molecule has 0 spiro atoms. The molecular formula is C28H28FNO5. The van der Waals surface area contributed by atoms with Gasteiger partial charge in [-0.25, -0.2) is 4.39 Å². The molecule has 0 radical (unpaired) electrons. The van der Waals surface area contributed by atoms with Gasteiger partial charge >= 0.3 is 0 Å². The number of ether oxygens (including phenoxy) is 3. The summed E-state index contributed by atoms with van der Waals surface area (Å²) in [6.07, 6.45) is 0.501. The van der Waals surface area contributed by atoms with Gasteiger partial charge < -0.3 is 19.5 Å². The Hall–Kier alpha value is -3.87. The van der Waals surface area contributed by atoms with Crippen molar-refractivity contribution >= 4 is 11.7 Å². The zero-order chi connectivity index (χ0) is 25.1. The van der Waals surface area contributed by atoms with E-state index in [1.165, 1.54) is 19.1 Å². The number of Topliss-reactive ketones (excluding diaryl/α,β-unsaturated/α-hetero) is 1. The van der Waals surface area contributed by atoms with Crippen molar-refractivity contribution in [2.75, 3.05) is 20.8 Å². The number of hydrogen-bond acceptors (Lipinski definition) is 5. The number of fused-ring (bicyclic) bond motifs is 1. The Morgan fingerprint density at radius 3 is 2.51 bits per heavy atom. The third-order valence-corrected chi connectivity index (χ3v) is 6.04. The molecule has 1 heterocycles.